The molecule has 1 amide bonds. The molecule has 0 radical (unpaired) electrons. The maximum Gasteiger partial charge on any atom is 0.408 e. The van der Waals surface area contributed by atoms with E-state index in [4.69, 9.17) is 9.47 Å². The number of ether oxygens (including phenoxy) is 2. The van der Waals surface area contributed by atoms with E-state index in [9.17, 15) is 14.7 Å². The average Bonchev–Trinajstić information content (AvgIpc) is 3.11. The van der Waals surface area contributed by atoms with E-state index in [1.165, 1.54) is 19.2 Å². The van der Waals surface area contributed by atoms with Crippen LogP contribution in [0, 0.1) is 0 Å². The van der Waals surface area contributed by atoms with Gasteiger partial charge in [-0.25, -0.2) is 9.59 Å². The Morgan fingerprint density at radius 3 is 2.23 bits per heavy atom. The van der Waals surface area contributed by atoms with Crippen molar-refractivity contribution >= 4 is 28.0 Å². The number of alkyl carbamates (subject to hydrolysis) is 1. The van der Waals surface area contributed by atoms with Crippen LogP contribution in [0.2, 0.25) is 0 Å². The van der Waals surface area contributed by atoms with Gasteiger partial charge in [0.1, 0.15) is 12.4 Å². The molecule has 0 saturated carbocycles. The minimum atomic E-state index is -1.07. The van der Waals surface area contributed by atoms with Gasteiger partial charge in [-0.1, -0.05) is 54.6 Å². The van der Waals surface area contributed by atoms with Gasteiger partial charge in [-0.05, 0) is 55.9 Å². The van der Waals surface area contributed by atoms with Gasteiger partial charge in [-0.3, -0.25) is 0 Å². The van der Waals surface area contributed by atoms with Crippen LogP contribution in [0.3, 0.4) is 0 Å². The highest BCUT2D eigenvalue weighted by Crippen LogP contribution is 2.44. The van der Waals surface area contributed by atoms with Crippen LogP contribution in [0.25, 0.3) is 11.1 Å². The van der Waals surface area contributed by atoms with Gasteiger partial charge >= 0.3 is 12.1 Å². The van der Waals surface area contributed by atoms with Gasteiger partial charge in [0.05, 0.1) is 11.6 Å². The molecule has 1 atom stereocenters. The minimum Gasteiger partial charge on any atom is -0.507 e. The number of hydrogen-bond donors (Lipinski definition) is 2. The lowest BCUT2D eigenvalue weighted by atomic mass is 9.98. The summed E-state index contributed by atoms with van der Waals surface area (Å²) in [5.41, 5.74) is 4.92. The third kappa shape index (κ3) is 4.14. The second kappa shape index (κ2) is 8.81. The van der Waals surface area contributed by atoms with E-state index in [0.717, 1.165) is 22.3 Å². The topological polar surface area (TPSA) is 84.9 Å². The number of esters is 1. The number of methoxy groups -OCH3 is 1. The summed E-state index contributed by atoms with van der Waals surface area (Å²) in [7, 11) is 1.24. The molecule has 0 bridgehead atoms. The average molecular weight is 482 g/mol. The Hall–Kier alpha value is -3.32. The number of hydrogen-bond acceptors (Lipinski definition) is 5. The molecule has 158 valence electrons. The van der Waals surface area contributed by atoms with E-state index >= 15 is 0 Å². The van der Waals surface area contributed by atoms with Crippen LogP contribution in [0.5, 0.6) is 5.75 Å². The van der Waals surface area contributed by atoms with Crippen molar-refractivity contribution < 1.29 is 24.2 Å². The van der Waals surface area contributed by atoms with Crippen molar-refractivity contribution in [1.82, 2.24) is 5.32 Å². The Balaban J connectivity index is 1.50. The van der Waals surface area contributed by atoms with Gasteiger partial charge in [0.2, 0.25) is 0 Å². The maximum atomic E-state index is 12.6. The first kappa shape index (κ1) is 20.9. The van der Waals surface area contributed by atoms with Crippen LogP contribution in [0.4, 0.5) is 4.79 Å². The smallest absolute Gasteiger partial charge is 0.408 e. The Bertz CT molecular complexity index is 1100. The first-order chi connectivity index (χ1) is 15.0. The largest absolute Gasteiger partial charge is 0.507 e. The summed E-state index contributed by atoms with van der Waals surface area (Å²) in [6.45, 7) is 0.132. The van der Waals surface area contributed by atoms with Crippen LogP contribution in [0.15, 0.2) is 71.2 Å². The van der Waals surface area contributed by atoms with E-state index in [1.807, 2.05) is 36.4 Å². The van der Waals surface area contributed by atoms with Crippen molar-refractivity contribution in [2.24, 2.45) is 0 Å². The second-order valence-corrected chi connectivity index (χ2v) is 7.99. The molecule has 1 unspecified atom stereocenters. The lowest BCUT2D eigenvalue weighted by Crippen LogP contribution is -2.35. The van der Waals surface area contributed by atoms with Gasteiger partial charge < -0.3 is 19.9 Å². The van der Waals surface area contributed by atoms with Crippen molar-refractivity contribution in [3.05, 3.63) is 87.9 Å². The molecular formula is C24H20BrNO5. The van der Waals surface area contributed by atoms with E-state index in [1.54, 1.807) is 6.07 Å². The Morgan fingerprint density at radius 2 is 1.65 bits per heavy atom. The zero-order valence-electron chi connectivity index (χ0n) is 16.7. The Kier molecular flexibility index (Phi) is 5.95. The van der Waals surface area contributed by atoms with Gasteiger partial charge in [0.25, 0.3) is 0 Å². The highest BCUT2D eigenvalue weighted by molar-refractivity contribution is 9.10. The SMILES string of the molecule is COC(=O)C(NC(=O)OCC1c2ccccc2-c2ccccc21)c1ccc(O)c(Br)c1. The molecule has 0 heterocycles. The fourth-order valence-electron chi connectivity index (χ4n) is 3.86. The van der Waals surface area contributed by atoms with Crippen molar-refractivity contribution in [3.63, 3.8) is 0 Å². The molecule has 0 aliphatic heterocycles. The number of nitrogens with one attached hydrogen (secondary N) is 1. The van der Waals surface area contributed by atoms with E-state index in [0.29, 0.717) is 10.0 Å². The van der Waals surface area contributed by atoms with Crippen molar-refractivity contribution in [2.45, 2.75) is 12.0 Å². The zero-order valence-corrected chi connectivity index (χ0v) is 18.3. The summed E-state index contributed by atoms with van der Waals surface area (Å²) in [4.78, 5) is 24.8. The van der Waals surface area contributed by atoms with Crippen molar-refractivity contribution in [2.75, 3.05) is 13.7 Å². The van der Waals surface area contributed by atoms with E-state index < -0.39 is 18.1 Å². The summed E-state index contributed by atoms with van der Waals surface area (Å²) >= 11 is 3.21. The molecule has 1 aliphatic rings. The number of aromatic hydroxyl groups is 1. The van der Waals surface area contributed by atoms with Crippen molar-refractivity contribution in [3.8, 4) is 16.9 Å². The standard InChI is InChI=1S/C24H20BrNO5/c1-30-23(28)22(14-10-11-21(27)20(25)12-14)26-24(29)31-13-19-17-8-4-2-6-15(17)16-7-3-5-9-18(16)19/h2-12,19,22,27H,13H2,1H3,(H,26,29). The number of carbonyl (C=O) groups is 2. The molecule has 7 heteroatoms. The van der Waals surface area contributed by atoms with Crippen LogP contribution < -0.4 is 5.32 Å². The molecule has 3 aromatic carbocycles. The van der Waals surface area contributed by atoms with Crippen molar-refractivity contribution in [1.29, 1.82) is 0 Å². The minimum absolute atomic E-state index is 0.0218. The number of carbonyl (C=O) groups excluding carboxylic acids is 2. The van der Waals surface area contributed by atoms with Gasteiger partial charge in [-0.2, -0.15) is 0 Å². The summed E-state index contributed by atoms with van der Waals surface area (Å²) in [5.74, 6) is -0.711. The highest BCUT2D eigenvalue weighted by atomic mass is 79.9. The molecule has 0 saturated heterocycles. The molecule has 1 aliphatic carbocycles. The molecule has 6 nitrogen and oxygen atoms in total. The number of phenolic OH excluding ortho intramolecular Hbond substituents is 1. The summed E-state index contributed by atoms with van der Waals surface area (Å²) in [5, 5.41) is 12.3. The maximum absolute atomic E-state index is 12.6. The van der Waals surface area contributed by atoms with Crippen LogP contribution in [-0.2, 0) is 14.3 Å². The first-order valence-corrected chi connectivity index (χ1v) is 10.5. The fraction of sp³-hybridized carbons (Fsp3) is 0.167. The predicted molar refractivity (Wildman–Crippen MR) is 119 cm³/mol. The molecular weight excluding hydrogens is 462 g/mol. The summed E-state index contributed by atoms with van der Waals surface area (Å²) in [6.07, 6.45) is -0.735. The third-order valence-electron chi connectivity index (χ3n) is 5.35. The number of halogens is 1. The summed E-state index contributed by atoms with van der Waals surface area (Å²) in [6, 6.07) is 19.5. The molecule has 31 heavy (non-hydrogen) atoms. The van der Waals surface area contributed by atoms with Gasteiger partial charge in [0, 0.05) is 5.92 Å². The third-order valence-corrected chi connectivity index (χ3v) is 5.98. The number of amides is 1. The number of rotatable bonds is 5. The van der Waals surface area contributed by atoms with Gasteiger partial charge in [-0.15, -0.1) is 0 Å². The normalized spacial score (nSPS) is 13.1. The first-order valence-electron chi connectivity index (χ1n) is 9.67. The molecule has 0 fully saturated rings. The highest BCUT2D eigenvalue weighted by Gasteiger charge is 2.30. The molecule has 0 aromatic heterocycles. The lowest BCUT2D eigenvalue weighted by Gasteiger charge is -2.19. The quantitative estimate of drug-likeness (QED) is 0.505. The fourth-order valence-corrected chi connectivity index (χ4v) is 4.25. The van der Waals surface area contributed by atoms with E-state index in [-0.39, 0.29) is 18.3 Å². The lowest BCUT2D eigenvalue weighted by molar-refractivity contribution is -0.143. The van der Waals surface area contributed by atoms with Gasteiger partial charge in [0.15, 0.2) is 6.04 Å². The van der Waals surface area contributed by atoms with Crippen LogP contribution >= 0.6 is 15.9 Å². The monoisotopic (exact) mass is 481 g/mol. The molecule has 2 N–H and O–H groups in total. The Labute approximate surface area is 187 Å². The zero-order chi connectivity index (χ0) is 22.0. The molecule has 3 aromatic rings. The summed E-state index contributed by atoms with van der Waals surface area (Å²) < 4.78 is 10.7. The van der Waals surface area contributed by atoms with Crippen LogP contribution in [-0.4, -0.2) is 30.9 Å². The number of fused-ring (bicyclic) bond motifs is 3. The number of phenols is 1. The second-order valence-electron chi connectivity index (χ2n) is 7.14. The van der Waals surface area contributed by atoms with E-state index in [2.05, 4.69) is 33.4 Å². The number of benzene rings is 3. The molecule has 4 rings (SSSR count). The molecule has 0 spiro atoms. The Morgan fingerprint density at radius 1 is 1.03 bits per heavy atom. The van der Waals surface area contributed by atoms with Crippen LogP contribution in [0.1, 0.15) is 28.7 Å². The predicted octanol–water partition coefficient (Wildman–Crippen LogP) is 4.91.